The van der Waals surface area contributed by atoms with Crippen molar-refractivity contribution < 1.29 is 23.8 Å². The number of hydrogen-bond donors (Lipinski definition) is 1. The number of carbonyl (C=O) groups excluding carboxylic acids is 2. The molecule has 0 aliphatic carbocycles. The van der Waals surface area contributed by atoms with Gasteiger partial charge in [0.15, 0.2) is 11.5 Å². The fourth-order valence-corrected chi connectivity index (χ4v) is 5.39. The van der Waals surface area contributed by atoms with Gasteiger partial charge in [0.2, 0.25) is 17.6 Å². The number of ether oxygens (including phenoxy) is 3. The number of rotatable bonds is 6. The van der Waals surface area contributed by atoms with E-state index in [-0.39, 0.29) is 18.4 Å². The molecule has 2 amide bonds. The summed E-state index contributed by atoms with van der Waals surface area (Å²) in [5, 5.41) is 1.07. The van der Waals surface area contributed by atoms with Crippen LogP contribution in [0, 0.1) is 0 Å². The predicted octanol–water partition coefficient (Wildman–Crippen LogP) is 3.29. The van der Waals surface area contributed by atoms with Gasteiger partial charge in [0, 0.05) is 29.6 Å². The molecule has 178 valence electrons. The Bertz CT molecular complexity index is 1240. The first-order chi connectivity index (χ1) is 16.5. The smallest absolute Gasteiger partial charge is 0.246 e. The summed E-state index contributed by atoms with van der Waals surface area (Å²) in [5.41, 5.74) is 3.75. The summed E-state index contributed by atoms with van der Waals surface area (Å²) in [7, 11) is 4.69. The van der Waals surface area contributed by atoms with Crippen molar-refractivity contribution in [2.75, 3.05) is 34.4 Å². The lowest BCUT2D eigenvalue weighted by Gasteiger charge is -2.47. The first-order valence-corrected chi connectivity index (χ1v) is 11.5. The molecule has 34 heavy (non-hydrogen) atoms. The molecule has 5 rings (SSSR count). The highest BCUT2D eigenvalue weighted by molar-refractivity contribution is 5.97. The number of amides is 2. The quantitative estimate of drug-likeness (QED) is 0.607. The van der Waals surface area contributed by atoms with Gasteiger partial charge in [0.1, 0.15) is 6.04 Å². The van der Waals surface area contributed by atoms with Gasteiger partial charge in [-0.3, -0.25) is 9.59 Å². The minimum atomic E-state index is -0.566. The molecule has 0 radical (unpaired) electrons. The van der Waals surface area contributed by atoms with E-state index in [9.17, 15) is 9.59 Å². The Kier molecular flexibility index (Phi) is 5.59. The lowest BCUT2D eigenvalue weighted by Crippen LogP contribution is -2.63. The highest BCUT2D eigenvalue weighted by Gasteiger charge is 2.48. The van der Waals surface area contributed by atoms with Gasteiger partial charge in [-0.1, -0.05) is 25.1 Å². The molecule has 8 heteroatoms. The molecular formula is C26H29N3O5. The van der Waals surface area contributed by atoms with Crippen LogP contribution in [-0.4, -0.2) is 67.1 Å². The van der Waals surface area contributed by atoms with Crippen molar-refractivity contribution in [2.45, 2.75) is 31.8 Å². The number of nitrogens with zero attached hydrogens (tertiary/aromatic N) is 2. The number of fused-ring (bicyclic) bond motifs is 4. The second-order valence-corrected chi connectivity index (χ2v) is 8.70. The Labute approximate surface area is 198 Å². The summed E-state index contributed by atoms with van der Waals surface area (Å²) < 4.78 is 16.7. The third kappa shape index (κ3) is 3.28. The SMILES string of the molecule is CCCN1CC(=O)N2[C@@H](c3cc(OC)c(OC)c(OC)c3)c3[nH]c4ccccc4c3C[C@@H]2C1=O. The van der Waals surface area contributed by atoms with E-state index in [2.05, 4.69) is 11.1 Å². The van der Waals surface area contributed by atoms with Crippen LogP contribution in [0.1, 0.15) is 36.2 Å². The molecule has 3 heterocycles. The number of benzene rings is 2. The van der Waals surface area contributed by atoms with Gasteiger partial charge in [-0.25, -0.2) is 0 Å². The molecule has 0 bridgehead atoms. The van der Waals surface area contributed by atoms with Gasteiger partial charge in [-0.15, -0.1) is 0 Å². The lowest BCUT2D eigenvalue weighted by atomic mass is 9.86. The van der Waals surface area contributed by atoms with Gasteiger partial charge >= 0.3 is 0 Å². The zero-order valence-electron chi connectivity index (χ0n) is 19.9. The largest absolute Gasteiger partial charge is 0.493 e. The van der Waals surface area contributed by atoms with E-state index in [0.29, 0.717) is 30.2 Å². The monoisotopic (exact) mass is 463 g/mol. The highest BCUT2D eigenvalue weighted by Crippen LogP contribution is 2.46. The number of para-hydroxylation sites is 1. The zero-order valence-corrected chi connectivity index (χ0v) is 19.9. The molecule has 0 saturated carbocycles. The standard InChI is InChI=1S/C26H29N3O5/c1-5-10-28-14-22(30)29-19(26(28)31)13-17-16-8-6-7-9-18(16)27-23(17)24(29)15-11-20(32-2)25(34-4)21(12-15)33-3/h6-9,11-12,19,24,27H,5,10,13-14H2,1-4H3/t19-,24+/m1/s1. The van der Waals surface area contributed by atoms with Crippen molar-refractivity contribution in [3.05, 3.63) is 53.2 Å². The molecule has 2 aliphatic heterocycles. The first kappa shape index (κ1) is 22.1. The number of carbonyl (C=O) groups is 2. The van der Waals surface area contributed by atoms with Crippen LogP contribution in [0.15, 0.2) is 36.4 Å². The Morgan fingerprint density at radius 3 is 2.38 bits per heavy atom. The third-order valence-corrected chi connectivity index (χ3v) is 6.84. The first-order valence-electron chi connectivity index (χ1n) is 11.5. The molecule has 0 spiro atoms. The molecule has 8 nitrogen and oxygen atoms in total. The average molecular weight is 464 g/mol. The van der Waals surface area contributed by atoms with Crippen LogP contribution < -0.4 is 14.2 Å². The van der Waals surface area contributed by atoms with Gasteiger partial charge < -0.3 is 29.0 Å². The number of aromatic nitrogens is 1. The number of hydrogen-bond acceptors (Lipinski definition) is 5. The van der Waals surface area contributed by atoms with Gasteiger partial charge in [-0.2, -0.15) is 0 Å². The molecule has 3 aromatic rings. The normalized spacial score (nSPS) is 19.8. The number of aromatic amines is 1. The summed E-state index contributed by atoms with van der Waals surface area (Å²) in [6, 6.07) is 10.7. The van der Waals surface area contributed by atoms with Crippen molar-refractivity contribution in [3.63, 3.8) is 0 Å². The van der Waals surface area contributed by atoms with Crippen molar-refractivity contribution in [2.24, 2.45) is 0 Å². The second-order valence-electron chi connectivity index (χ2n) is 8.70. The fourth-order valence-electron chi connectivity index (χ4n) is 5.39. The summed E-state index contributed by atoms with van der Waals surface area (Å²) >= 11 is 0. The summed E-state index contributed by atoms with van der Waals surface area (Å²) in [5.74, 6) is 1.41. The molecule has 2 aromatic carbocycles. The Balaban J connectivity index is 1.74. The predicted molar refractivity (Wildman–Crippen MR) is 127 cm³/mol. The van der Waals surface area contributed by atoms with Crippen LogP contribution in [0.4, 0.5) is 0 Å². The second kappa shape index (κ2) is 8.59. The maximum absolute atomic E-state index is 13.5. The topological polar surface area (TPSA) is 84.1 Å². The van der Waals surface area contributed by atoms with Crippen LogP contribution in [-0.2, 0) is 16.0 Å². The van der Waals surface area contributed by atoms with Crippen LogP contribution >= 0.6 is 0 Å². The van der Waals surface area contributed by atoms with E-state index in [0.717, 1.165) is 34.1 Å². The van der Waals surface area contributed by atoms with E-state index in [4.69, 9.17) is 14.2 Å². The van der Waals surface area contributed by atoms with Crippen LogP contribution in [0.5, 0.6) is 17.2 Å². The zero-order chi connectivity index (χ0) is 24.0. The molecule has 0 unspecified atom stereocenters. The van der Waals surface area contributed by atoms with Gasteiger partial charge in [-0.05, 0) is 35.7 Å². The Morgan fingerprint density at radius 1 is 1.03 bits per heavy atom. The molecule has 1 N–H and O–H groups in total. The van der Waals surface area contributed by atoms with Crippen molar-refractivity contribution in [3.8, 4) is 17.2 Å². The molecule has 1 saturated heterocycles. The molecule has 1 aromatic heterocycles. The molecule has 1 fully saturated rings. The summed E-state index contributed by atoms with van der Waals surface area (Å²) in [4.78, 5) is 34.0. The van der Waals surface area contributed by atoms with Crippen LogP contribution in [0.3, 0.4) is 0 Å². The number of nitrogens with one attached hydrogen (secondary N) is 1. The van der Waals surface area contributed by atoms with Crippen molar-refractivity contribution in [1.29, 1.82) is 0 Å². The maximum atomic E-state index is 13.5. The van der Waals surface area contributed by atoms with E-state index in [1.807, 2.05) is 37.3 Å². The fraction of sp³-hybridized carbons (Fsp3) is 0.385. The Hall–Kier alpha value is -3.68. The maximum Gasteiger partial charge on any atom is 0.246 e. The minimum absolute atomic E-state index is 0.00479. The lowest BCUT2D eigenvalue weighted by molar-refractivity contribution is -0.158. The molecule has 2 atom stereocenters. The van der Waals surface area contributed by atoms with E-state index in [1.54, 1.807) is 31.1 Å². The van der Waals surface area contributed by atoms with Gasteiger partial charge in [0.05, 0.1) is 33.9 Å². The van der Waals surface area contributed by atoms with Crippen LogP contribution in [0.25, 0.3) is 10.9 Å². The van der Waals surface area contributed by atoms with E-state index < -0.39 is 12.1 Å². The minimum Gasteiger partial charge on any atom is -0.493 e. The van der Waals surface area contributed by atoms with E-state index >= 15 is 0 Å². The summed E-state index contributed by atoms with van der Waals surface area (Å²) in [6.45, 7) is 2.67. The Morgan fingerprint density at radius 2 is 1.74 bits per heavy atom. The molecule has 2 aliphatic rings. The van der Waals surface area contributed by atoms with Crippen molar-refractivity contribution >= 4 is 22.7 Å². The number of methoxy groups -OCH3 is 3. The third-order valence-electron chi connectivity index (χ3n) is 6.84. The van der Waals surface area contributed by atoms with Crippen LogP contribution in [0.2, 0.25) is 0 Å². The van der Waals surface area contributed by atoms with E-state index in [1.165, 1.54) is 0 Å². The van der Waals surface area contributed by atoms with Crippen molar-refractivity contribution in [1.82, 2.24) is 14.8 Å². The average Bonchev–Trinajstić information content (AvgIpc) is 3.23. The number of H-pyrrole nitrogens is 1. The van der Waals surface area contributed by atoms with Gasteiger partial charge in [0.25, 0.3) is 0 Å². The molecular weight excluding hydrogens is 434 g/mol. The summed E-state index contributed by atoms with van der Waals surface area (Å²) in [6.07, 6.45) is 1.28. The highest BCUT2D eigenvalue weighted by atomic mass is 16.5. The number of piperazine rings is 1.